The number of hydrogen-bond donors (Lipinski definition) is 2. The second kappa shape index (κ2) is 6.51. The first-order chi connectivity index (χ1) is 9.54. The number of aromatic nitrogens is 2. The van der Waals surface area contributed by atoms with Crippen molar-refractivity contribution < 1.29 is 9.18 Å². The molecule has 0 bridgehead atoms. The van der Waals surface area contributed by atoms with E-state index in [1.54, 1.807) is 10.9 Å². The smallest absolute Gasteiger partial charge is 0.224 e. The second-order valence-corrected chi connectivity index (χ2v) is 5.23. The molecule has 0 aliphatic rings. The van der Waals surface area contributed by atoms with E-state index in [2.05, 4.69) is 26.3 Å². The molecule has 106 valence electrons. The summed E-state index contributed by atoms with van der Waals surface area (Å²) in [4.78, 5) is 11.7. The van der Waals surface area contributed by atoms with E-state index < -0.39 is 5.82 Å². The Hall–Kier alpha value is -1.89. The van der Waals surface area contributed by atoms with Gasteiger partial charge in [-0.05, 0) is 40.5 Å². The lowest BCUT2D eigenvalue weighted by Crippen LogP contribution is -2.13. The molecule has 7 heteroatoms. The normalized spacial score (nSPS) is 10.5. The quantitative estimate of drug-likeness (QED) is 0.822. The summed E-state index contributed by atoms with van der Waals surface area (Å²) in [6, 6.07) is 4.07. The third-order valence-electron chi connectivity index (χ3n) is 2.66. The molecular weight excluding hydrogens is 327 g/mol. The third-order valence-corrected chi connectivity index (χ3v) is 3.07. The Morgan fingerprint density at radius 1 is 1.50 bits per heavy atom. The molecule has 20 heavy (non-hydrogen) atoms. The van der Waals surface area contributed by atoms with Crippen molar-refractivity contribution in [3.05, 3.63) is 40.9 Å². The lowest BCUT2D eigenvalue weighted by Gasteiger charge is -2.07. The Morgan fingerprint density at radius 2 is 2.30 bits per heavy atom. The molecule has 2 aromatic rings. The number of aryl methyl sites for hydroxylation is 1. The fraction of sp³-hybridized carbons (Fsp3) is 0.231. The van der Waals surface area contributed by atoms with Crippen LogP contribution in [-0.2, 0) is 11.3 Å². The van der Waals surface area contributed by atoms with Crippen molar-refractivity contribution in [2.24, 2.45) is 0 Å². The highest BCUT2D eigenvalue weighted by Crippen LogP contribution is 2.17. The summed E-state index contributed by atoms with van der Waals surface area (Å²) in [5, 5.41) is 6.59. The second-order valence-electron chi connectivity index (χ2n) is 4.31. The summed E-state index contributed by atoms with van der Waals surface area (Å²) >= 11 is 3.30. The van der Waals surface area contributed by atoms with E-state index in [0.717, 1.165) is 4.47 Å². The highest BCUT2D eigenvalue weighted by molar-refractivity contribution is 9.10. The van der Waals surface area contributed by atoms with Crippen LogP contribution in [0.5, 0.6) is 0 Å². The van der Waals surface area contributed by atoms with Crippen LogP contribution in [0.1, 0.15) is 12.8 Å². The minimum absolute atomic E-state index is 0.108. The average molecular weight is 341 g/mol. The molecule has 0 spiro atoms. The van der Waals surface area contributed by atoms with Crippen molar-refractivity contribution in [1.29, 1.82) is 0 Å². The van der Waals surface area contributed by atoms with Crippen LogP contribution in [0.15, 0.2) is 35.1 Å². The van der Waals surface area contributed by atoms with E-state index in [0.29, 0.717) is 18.7 Å². The number of halogens is 2. The number of hydrogen-bond acceptors (Lipinski definition) is 3. The van der Waals surface area contributed by atoms with E-state index in [1.165, 1.54) is 18.2 Å². The van der Waals surface area contributed by atoms with E-state index in [9.17, 15) is 9.18 Å². The molecule has 0 saturated heterocycles. The summed E-state index contributed by atoms with van der Waals surface area (Å²) in [5.41, 5.74) is 6.06. The molecule has 2 rings (SSSR count). The first-order valence-corrected chi connectivity index (χ1v) is 6.87. The van der Waals surface area contributed by atoms with Gasteiger partial charge in [-0.1, -0.05) is 0 Å². The Bertz CT molecular complexity index is 614. The number of carbonyl (C=O) groups is 1. The molecule has 5 nitrogen and oxygen atoms in total. The first kappa shape index (κ1) is 14.5. The fourth-order valence-electron chi connectivity index (χ4n) is 1.71. The van der Waals surface area contributed by atoms with Crippen LogP contribution in [0.2, 0.25) is 0 Å². The summed E-state index contributed by atoms with van der Waals surface area (Å²) in [5.74, 6) is -0.746. The van der Waals surface area contributed by atoms with E-state index >= 15 is 0 Å². The number of nitrogens with zero attached hydrogens (tertiary/aromatic N) is 2. The van der Waals surface area contributed by atoms with Crippen LogP contribution >= 0.6 is 15.9 Å². The number of anilines is 2. The van der Waals surface area contributed by atoms with Gasteiger partial charge in [0.25, 0.3) is 0 Å². The summed E-state index contributed by atoms with van der Waals surface area (Å²) in [6.45, 7) is 0.623. The van der Waals surface area contributed by atoms with Gasteiger partial charge in [0.15, 0.2) is 0 Å². The fourth-order valence-corrected chi connectivity index (χ4v) is 2.04. The number of amides is 1. The van der Waals surface area contributed by atoms with Gasteiger partial charge in [0.05, 0.1) is 16.4 Å². The van der Waals surface area contributed by atoms with Crippen molar-refractivity contribution in [1.82, 2.24) is 9.78 Å². The molecule has 0 atom stereocenters. The number of nitrogen functional groups attached to an aromatic ring is 1. The van der Waals surface area contributed by atoms with Gasteiger partial charge < -0.3 is 11.1 Å². The zero-order valence-electron chi connectivity index (χ0n) is 10.6. The SMILES string of the molecule is Nc1ccc(F)c(NC(=O)CCCn2cc(Br)cn2)c1. The number of nitrogens with two attached hydrogens (primary N) is 1. The standard InChI is InChI=1S/C13H14BrFN4O/c14-9-7-17-19(8-9)5-1-2-13(20)18-12-6-10(16)3-4-11(12)15/h3-4,6-8H,1-2,5,16H2,(H,18,20). The van der Waals surface area contributed by atoms with E-state index in [4.69, 9.17) is 5.73 Å². The maximum absolute atomic E-state index is 13.4. The molecule has 0 radical (unpaired) electrons. The number of nitrogens with one attached hydrogen (secondary N) is 1. The molecule has 1 aromatic heterocycles. The molecule has 0 fully saturated rings. The van der Waals surface area contributed by atoms with Crippen LogP contribution in [0.4, 0.5) is 15.8 Å². The maximum Gasteiger partial charge on any atom is 0.224 e. The number of carbonyl (C=O) groups excluding carboxylic acids is 1. The van der Waals surface area contributed by atoms with Crippen LogP contribution in [0.3, 0.4) is 0 Å². The Balaban J connectivity index is 1.82. The van der Waals surface area contributed by atoms with Crippen molar-refractivity contribution in [3.63, 3.8) is 0 Å². The third kappa shape index (κ3) is 4.06. The minimum Gasteiger partial charge on any atom is -0.399 e. The summed E-state index contributed by atoms with van der Waals surface area (Å²) in [7, 11) is 0. The predicted molar refractivity (Wildman–Crippen MR) is 78.6 cm³/mol. The van der Waals surface area contributed by atoms with Gasteiger partial charge in [-0.25, -0.2) is 4.39 Å². The number of benzene rings is 1. The Morgan fingerprint density at radius 3 is 3.00 bits per heavy atom. The van der Waals surface area contributed by atoms with Crippen molar-refractivity contribution >= 4 is 33.2 Å². The van der Waals surface area contributed by atoms with Gasteiger partial charge in [-0.2, -0.15) is 5.10 Å². The lowest BCUT2D eigenvalue weighted by molar-refractivity contribution is -0.116. The average Bonchev–Trinajstić information content (AvgIpc) is 2.80. The molecule has 0 saturated carbocycles. The predicted octanol–water partition coefficient (Wildman–Crippen LogP) is 2.79. The molecule has 3 N–H and O–H groups in total. The Labute approximate surface area is 124 Å². The largest absolute Gasteiger partial charge is 0.399 e. The highest BCUT2D eigenvalue weighted by Gasteiger charge is 2.07. The molecule has 1 amide bonds. The lowest BCUT2D eigenvalue weighted by atomic mass is 10.2. The van der Waals surface area contributed by atoms with Crippen LogP contribution < -0.4 is 11.1 Å². The summed E-state index contributed by atoms with van der Waals surface area (Å²) in [6.07, 6.45) is 4.41. The maximum atomic E-state index is 13.4. The monoisotopic (exact) mass is 340 g/mol. The van der Waals surface area contributed by atoms with Gasteiger partial charge in [-0.15, -0.1) is 0 Å². The van der Waals surface area contributed by atoms with E-state index in [1.807, 2.05) is 6.20 Å². The van der Waals surface area contributed by atoms with Crippen molar-refractivity contribution in [2.45, 2.75) is 19.4 Å². The zero-order chi connectivity index (χ0) is 14.5. The van der Waals surface area contributed by atoms with Crippen molar-refractivity contribution in [2.75, 3.05) is 11.1 Å². The number of rotatable bonds is 5. The summed E-state index contributed by atoms with van der Waals surface area (Å²) < 4.78 is 16.1. The minimum atomic E-state index is -0.497. The highest BCUT2D eigenvalue weighted by atomic mass is 79.9. The van der Waals surface area contributed by atoms with Crippen LogP contribution in [0, 0.1) is 5.82 Å². The van der Waals surface area contributed by atoms with Gasteiger partial charge in [-0.3, -0.25) is 9.48 Å². The molecule has 1 aromatic carbocycles. The first-order valence-electron chi connectivity index (χ1n) is 6.07. The van der Waals surface area contributed by atoms with Gasteiger partial charge in [0, 0.05) is 24.8 Å². The Kier molecular flexibility index (Phi) is 4.73. The van der Waals surface area contributed by atoms with E-state index in [-0.39, 0.29) is 18.0 Å². The zero-order valence-corrected chi connectivity index (χ0v) is 12.2. The molecule has 0 unspecified atom stereocenters. The van der Waals surface area contributed by atoms with Gasteiger partial charge in [0.2, 0.25) is 5.91 Å². The van der Waals surface area contributed by atoms with Crippen molar-refractivity contribution in [3.8, 4) is 0 Å². The van der Waals surface area contributed by atoms with Gasteiger partial charge in [0.1, 0.15) is 5.82 Å². The molecular formula is C13H14BrFN4O. The van der Waals surface area contributed by atoms with Crippen LogP contribution in [0.25, 0.3) is 0 Å². The molecule has 0 aliphatic carbocycles. The molecule has 0 aliphatic heterocycles. The molecule has 1 heterocycles. The van der Waals surface area contributed by atoms with Crippen LogP contribution in [-0.4, -0.2) is 15.7 Å². The van der Waals surface area contributed by atoms with Gasteiger partial charge >= 0.3 is 0 Å². The topological polar surface area (TPSA) is 72.9 Å².